The summed E-state index contributed by atoms with van der Waals surface area (Å²) in [4.78, 5) is 28.9. The fraction of sp³-hybridized carbons (Fsp3) is 0.692. The van der Waals surface area contributed by atoms with Crippen molar-refractivity contribution in [2.24, 2.45) is 0 Å². The number of aliphatic carboxylic acids is 1. The highest BCUT2D eigenvalue weighted by atomic mass is 16.4. The number of carboxylic acid groups (broad SMARTS) is 1. The van der Waals surface area contributed by atoms with Crippen molar-refractivity contribution in [2.45, 2.75) is 51.1 Å². The van der Waals surface area contributed by atoms with Gasteiger partial charge in [-0.3, -0.25) is 9.59 Å². The molecule has 110 valence electrons. The van der Waals surface area contributed by atoms with Crippen LogP contribution in [0.25, 0.3) is 0 Å². The quantitative estimate of drug-likeness (QED) is 0.872. The van der Waals surface area contributed by atoms with Crippen molar-refractivity contribution in [3.8, 4) is 0 Å². The van der Waals surface area contributed by atoms with Gasteiger partial charge in [0.05, 0.1) is 0 Å². The third kappa shape index (κ3) is 3.34. The second kappa shape index (κ2) is 6.49. The maximum Gasteiger partial charge on any atom is 0.303 e. The second-order valence-electron chi connectivity index (χ2n) is 5.17. The van der Waals surface area contributed by atoms with Gasteiger partial charge in [-0.25, -0.2) is 9.67 Å². The van der Waals surface area contributed by atoms with E-state index in [4.69, 9.17) is 5.11 Å². The van der Waals surface area contributed by atoms with Crippen molar-refractivity contribution < 1.29 is 14.7 Å². The molecular formula is C13H20N4O3. The van der Waals surface area contributed by atoms with E-state index in [1.165, 1.54) is 17.3 Å². The Hall–Kier alpha value is -1.92. The van der Waals surface area contributed by atoms with E-state index in [0.717, 1.165) is 19.3 Å². The number of carbonyl (C=O) groups is 2. The average Bonchev–Trinajstić information content (AvgIpc) is 2.98. The Kier molecular flexibility index (Phi) is 4.70. The molecule has 2 heterocycles. The molecule has 0 aromatic carbocycles. The Morgan fingerprint density at radius 3 is 2.90 bits per heavy atom. The number of nitrogens with zero attached hydrogens (tertiary/aromatic N) is 4. The number of aromatic nitrogens is 3. The summed E-state index contributed by atoms with van der Waals surface area (Å²) in [6, 6.07) is -0.374. The highest BCUT2D eigenvalue weighted by Gasteiger charge is 2.30. The highest BCUT2D eigenvalue weighted by molar-refractivity contribution is 5.80. The van der Waals surface area contributed by atoms with Crippen LogP contribution >= 0.6 is 0 Å². The Morgan fingerprint density at radius 2 is 2.25 bits per heavy atom. The number of carbonyl (C=O) groups excluding carboxylic acids is 1. The van der Waals surface area contributed by atoms with Gasteiger partial charge < -0.3 is 10.0 Å². The molecule has 1 saturated heterocycles. The van der Waals surface area contributed by atoms with E-state index in [-0.39, 0.29) is 18.4 Å². The molecule has 0 saturated carbocycles. The number of amides is 1. The van der Waals surface area contributed by atoms with Gasteiger partial charge in [0.1, 0.15) is 18.7 Å². The number of likely N-dealkylation sites (tertiary alicyclic amines) is 1. The molecule has 1 N–H and O–H groups in total. The van der Waals surface area contributed by atoms with Crippen molar-refractivity contribution in [3.63, 3.8) is 0 Å². The van der Waals surface area contributed by atoms with Gasteiger partial charge in [0.15, 0.2) is 0 Å². The van der Waals surface area contributed by atoms with Crippen LogP contribution < -0.4 is 0 Å². The van der Waals surface area contributed by atoms with Crippen LogP contribution in [0.4, 0.5) is 0 Å². The van der Waals surface area contributed by atoms with Crippen LogP contribution in [-0.4, -0.2) is 49.2 Å². The molecular weight excluding hydrogens is 260 g/mol. The summed E-state index contributed by atoms with van der Waals surface area (Å²) in [6.07, 6.45) is 6.45. The van der Waals surface area contributed by atoms with Crippen molar-refractivity contribution in [1.82, 2.24) is 19.7 Å². The van der Waals surface area contributed by atoms with Gasteiger partial charge in [0, 0.05) is 19.0 Å². The average molecular weight is 280 g/mol. The summed E-state index contributed by atoms with van der Waals surface area (Å²) >= 11 is 0. The SMILES string of the molecule is CC(C(=O)N1CCCCC1CCC(=O)O)n1cncn1. The molecule has 7 nitrogen and oxygen atoms in total. The number of hydrogen-bond donors (Lipinski definition) is 1. The minimum Gasteiger partial charge on any atom is -0.481 e. The summed E-state index contributed by atoms with van der Waals surface area (Å²) in [6.45, 7) is 2.49. The van der Waals surface area contributed by atoms with Crippen molar-refractivity contribution in [3.05, 3.63) is 12.7 Å². The number of piperidine rings is 1. The fourth-order valence-electron chi connectivity index (χ4n) is 2.65. The van der Waals surface area contributed by atoms with Crippen LogP contribution in [0.1, 0.15) is 45.1 Å². The van der Waals surface area contributed by atoms with Gasteiger partial charge in [-0.15, -0.1) is 0 Å². The summed E-state index contributed by atoms with van der Waals surface area (Å²) in [5.41, 5.74) is 0. The zero-order chi connectivity index (χ0) is 14.5. The van der Waals surface area contributed by atoms with E-state index in [0.29, 0.717) is 13.0 Å². The predicted octanol–water partition coefficient (Wildman–Crippen LogP) is 1.08. The lowest BCUT2D eigenvalue weighted by Gasteiger charge is -2.37. The molecule has 7 heteroatoms. The topological polar surface area (TPSA) is 88.3 Å². The van der Waals surface area contributed by atoms with Crippen LogP contribution in [-0.2, 0) is 9.59 Å². The third-order valence-corrected chi connectivity index (χ3v) is 3.79. The van der Waals surface area contributed by atoms with E-state index in [2.05, 4.69) is 10.1 Å². The first-order chi connectivity index (χ1) is 9.59. The Morgan fingerprint density at radius 1 is 1.45 bits per heavy atom. The maximum atomic E-state index is 12.5. The molecule has 1 amide bonds. The number of carboxylic acids is 1. The molecule has 0 radical (unpaired) electrons. The molecule has 2 rings (SSSR count). The summed E-state index contributed by atoms with van der Waals surface area (Å²) in [7, 11) is 0. The first kappa shape index (κ1) is 14.5. The molecule has 0 spiro atoms. The number of hydrogen-bond acceptors (Lipinski definition) is 4. The van der Waals surface area contributed by atoms with Crippen LogP contribution in [0.15, 0.2) is 12.7 Å². The Labute approximate surface area is 117 Å². The van der Waals surface area contributed by atoms with Crippen molar-refractivity contribution >= 4 is 11.9 Å². The van der Waals surface area contributed by atoms with Crippen molar-refractivity contribution in [2.75, 3.05) is 6.54 Å². The predicted molar refractivity (Wildman–Crippen MR) is 71.0 cm³/mol. The molecule has 20 heavy (non-hydrogen) atoms. The first-order valence-corrected chi connectivity index (χ1v) is 6.96. The molecule has 1 aliphatic heterocycles. The third-order valence-electron chi connectivity index (χ3n) is 3.79. The van der Waals surface area contributed by atoms with Gasteiger partial charge in [-0.2, -0.15) is 5.10 Å². The van der Waals surface area contributed by atoms with Crippen LogP contribution in [0.3, 0.4) is 0 Å². The zero-order valence-corrected chi connectivity index (χ0v) is 11.6. The van der Waals surface area contributed by atoms with E-state index < -0.39 is 12.0 Å². The van der Waals surface area contributed by atoms with Crippen LogP contribution in [0.5, 0.6) is 0 Å². The lowest BCUT2D eigenvalue weighted by atomic mass is 9.97. The maximum absolute atomic E-state index is 12.5. The number of rotatable bonds is 5. The normalized spacial score (nSPS) is 20.6. The van der Waals surface area contributed by atoms with E-state index in [1.54, 1.807) is 6.92 Å². The standard InChI is InChI=1S/C13H20N4O3/c1-10(17-9-14-8-15-17)13(20)16-7-3-2-4-11(16)5-6-12(18)19/h8-11H,2-7H2,1H3,(H,18,19). The lowest BCUT2D eigenvalue weighted by molar-refractivity contribution is -0.141. The van der Waals surface area contributed by atoms with E-state index in [9.17, 15) is 9.59 Å². The molecule has 2 atom stereocenters. The molecule has 1 aromatic heterocycles. The molecule has 1 aliphatic rings. The van der Waals surface area contributed by atoms with Crippen LogP contribution in [0.2, 0.25) is 0 Å². The first-order valence-electron chi connectivity index (χ1n) is 6.96. The largest absolute Gasteiger partial charge is 0.481 e. The summed E-state index contributed by atoms with van der Waals surface area (Å²) in [5.74, 6) is -0.821. The molecule has 1 aromatic rings. The van der Waals surface area contributed by atoms with Crippen LogP contribution in [0, 0.1) is 0 Å². The monoisotopic (exact) mass is 280 g/mol. The Bertz CT molecular complexity index is 460. The van der Waals surface area contributed by atoms with Gasteiger partial charge in [-0.05, 0) is 32.6 Å². The summed E-state index contributed by atoms with van der Waals surface area (Å²) in [5, 5.41) is 12.8. The fourth-order valence-corrected chi connectivity index (χ4v) is 2.65. The second-order valence-corrected chi connectivity index (χ2v) is 5.17. The molecule has 0 aliphatic carbocycles. The summed E-state index contributed by atoms with van der Waals surface area (Å²) < 4.78 is 1.53. The molecule has 2 unspecified atom stereocenters. The van der Waals surface area contributed by atoms with Crippen molar-refractivity contribution in [1.29, 1.82) is 0 Å². The smallest absolute Gasteiger partial charge is 0.303 e. The Balaban J connectivity index is 2.03. The minimum atomic E-state index is -0.813. The van der Waals surface area contributed by atoms with E-state index in [1.807, 2.05) is 4.90 Å². The van der Waals surface area contributed by atoms with Gasteiger partial charge in [0.2, 0.25) is 5.91 Å². The van der Waals surface area contributed by atoms with Gasteiger partial charge >= 0.3 is 5.97 Å². The minimum absolute atomic E-state index is 0.00871. The highest BCUT2D eigenvalue weighted by Crippen LogP contribution is 2.23. The van der Waals surface area contributed by atoms with Gasteiger partial charge in [-0.1, -0.05) is 0 Å². The van der Waals surface area contributed by atoms with Gasteiger partial charge in [0.25, 0.3) is 0 Å². The lowest BCUT2D eigenvalue weighted by Crippen LogP contribution is -2.46. The van der Waals surface area contributed by atoms with E-state index >= 15 is 0 Å². The molecule has 1 fully saturated rings. The zero-order valence-electron chi connectivity index (χ0n) is 11.6. The molecule has 0 bridgehead atoms.